The van der Waals surface area contributed by atoms with Crippen LogP contribution in [0.25, 0.3) is 10.2 Å². The van der Waals surface area contributed by atoms with Gasteiger partial charge in [-0.3, -0.25) is 14.2 Å². The Morgan fingerprint density at radius 3 is 2.45 bits per heavy atom. The maximum atomic E-state index is 12.4. The van der Waals surface area contributed by atoms with Crippen molar-refractivity contribution in [2.75, 3.05) is 18.9 Å². The van der Waals surface area contributed by atoms with Gasteiger partial charge in [0, 0.05) is 13.1 Å². The third-order valence-electron chi connectivity index (χ3n) is 4.97. The fourth-order valence-corrected chi connectivity index (χ4v) is 4.52. The summed E-state index contributed by atoms with van der Waals surface area (Å²) >= 11 is 2.88. The molecule has 0 unspecified atom stereocenters. The molecule has 0 aliphatic carbocycles. The zero-order valence-electron chi connectivity index (χ0n) is 19.9. The van der Waals surface area contributed by atoms with E-state index in [-0.39, 0.29) is 11.5 Å². The number of nitrogens with two attached hydrogens (primary N) is 1. The predicted molar refractivity (Wildman–Crippen MR) is 140 cm³/mol. The first-order chi connectivity index (χ1) is 16.0. The van der Waals surface area contributed by atoms with Crippen LogP contribution >= 0.6 is 22.7 Å². The van der Waals surface area contributed by atoms with Crippen molar-refractivity contribution in [3.05, 3.63) is 38.8 Å². The van der Waals surface area contributed by atoms with Crippen LogP contribution in [0.3, 0.4) is 0 Å². The molecular formula is C24H36N4O3S2. The monoisotopic (exact) mass is 492 g/mol. The number of nitrogens with zero attached hydrogens (tertiary/aromatic N) is 2. The van der Waals surface area contributed by atoms with Crippen molar-refractivity contribution < 1.29 is 9.53 Å². The summed E-state index contributed by atoms with van der Waals surface area (Å²) in [5.74, 6) is -0.0557. The number of aromatic nitrogens is 2. The quantitative estimate of drug-likeness (QED) is 0.317. The van der Waals surface area contributed by atoms with E-state index in [9.17, 15) is 9.59 Å². The smallest absolute Gasteiger partial charge is 0.300 e. The Kier molecular flexibility index (Phi) is 12.0. The minimum absolute atomic E-state index is 0.0217. The summed E-state index contributed by atoms with van der Waals surface area (Å²) in [6.45, 7) is 8.35. The second-order valence-electron chi connectivity index (χ2n) is 7.71. The van der Waals surface area contributed by atoms with Crippen LogP contribution in [0.5, 0.6) is 6.01 Å². The van der Waals surface area contributed by atoms with E-state index < -0.39 is 0 Å². The molecule has 0 radical (unpaired) electrons. The lowest BCUT2D eigenvalue weighted by molar-refractivity contribution is 0.0954. The number of unbranched alkanes of at least 4 members (excludes halogenated alkanes) is 4. The third kappa shape index (κ3) is 8.16. The molecule has 3 rings (SSSR count). The maximum absolute atomic E-state index is 12.4. The van der Waals surface area contributed by atoms with Gasteiger partial charge in [0.05, 0.1) is 22.6 Å². The molecule has 3 aromatic rings. The molecule has 0 aliphatic rings. The largest absolute Gasteiger partial charge is 0.465 e. The van der Waals surface area contributed by atoms with Crippen LogP contribution in [0.15, 0.2) is 27.7 Å². The highest BCUT2D eigenvalue weighted by atomic mass is 32.1. The Morgan fingerprint density at radius 2 is 1.79 bits per heavy atom. The van der Waals surface area contributed by atoms with E-state index in [0.717, 1.165) is 56.3 Å². The summed E-state index contributed by atoms with van der Waals surface area (Å²) in [6.07, 6.45) is 7.49. The Hall–Kier alpha value is -2.39. The average molecular weight is 493 g/mol. The van der Waals surface area contributed by atoms with Crippen molar-refractivity contribution in [2.24, 2.45) is 0 Å². The first kappa shape index (κ1) is 26.9. The first-order valence-electron chi connectivity index (χ1n) is 11.7. The van der Waals surface area contributed by atoms with E-state index >= 15 is 0 Å². The van der Waals surface area contributed by atoms with Gasteiger partial charge in [-0.25, -0.2) is 0 Å². The number of nitrogen functional groups attached to an aromatic ring is 1. The number of thiophene rings is 2. The summed E-state index contributed by atoms with van der Waals surface area (Å²) in [6, 6.07) is 4.07. The highest BCUT2D eigenvalue weighted by Gasteiger charge is 2.12. The Morgan fingerprint density at radius 1 is 1.06 bits per heavy atom. The lowest BCUT2D eigenvalue weighted by Crippen LogP contribution is -2.24. The number of rotatable bonds is 12. The molecule has 1 amide bonds. The summed E-state index contributed by atoms with van der Waals surface area (Å²) in [5.41, 5.74) is 6.25. The zero-order chi connectivity index (χ0) is 24.1. The highest BCUT2D eigenvalue weighted by Crippen LogP contribution is 2.19. The molecule has 3 aromatic heterocycles. The molecule has 0 spiro atoms. The lowest BCUT2D eigenvalue weighted by Gasteiger charge is -2.12. The standard InChI is InChI=1S/C14H20N2O2S.C10H16N2OS/c1-3-5-6-8-16-13(17)11-7-10-19-12(11)15-14(16)18-9-4-2;1-2-3-4-6-12-10(13)8-5-7-14-9(8)11/h7,10H,3-6,8-9H2,1-2H3;5,7H,2-4,6,11H2,1H3,(H,12,13). The maximum Gasteiger partial charge on any atom is 0.300 e. The van der Waals surface area contributed by atoms with Gasteiger partial charge in [-0.1, -0.05) is 46.5 Å². The zero-order valence-corrected chi connectivity index (χ0v) is 21.5. The van der Waals surface area contributed by atoms with Gasteiger partial charge in [-0.05, 0) is 42.2 Å². The molecule has 182 valence electrons. The van der Waals surface area contributed by atoms with Crippen LogP contribution in [0.2, 0.25) is 0 Å². The van der Waals surface area contributed by atoms with Crippen LogP contribution in [0.4, 0.5) is 5.00 Å². The van der Waals surface area contributed by atoms with Crippen molar-refractivity contribution in [1.82, 2.24) is 14.9 Å². The van der Waals surface area contributed by atoms with Crippen molar-refractivity contribution in [3.8, 4) is 6.01 Å². The number of carbonyl (C=O) groups is 1. The summed E-state index contributed by atoms with van der Waals surface area (Å²) in [5, 5.41) is 7.87. The van der Waals surface area contributed by atoms with Gasteiger partial charge in [0.2, 0.25) is 0 Å². The van der Waals surface area contributed by atoms with E-state index in [2.05, 4.69) is 24.1 Å². The molecule has 7 nitrogen and oxygen atoms in total. The number of carbonyl (C=O) groups excluding carboxylic acids is 1. The van der Waals surface area contributed by atoms with Crippen LogP contribution in [-0.4, -0.2) is 28.6 Å². The van der Waals surface area contributed by atoms with Gasteiger partial charge < -0.3 is 15.8 Å². The molecule has 9 heteroatoms. The molecule has 0 aliphatic heterocycles. The summed E-state index contributed by atoms with van der Waals surface area (Å²) < 4.78 is 7.31. The highest BCUT2D eigenvalue weighted by molar-refractivity contribution is 7.16. The molecular weight excluding hydrogens is 456 g/mol. The van der Waals surface area contributed by atoms with Crippen molar-refractivity contribution >= 4 is 43.8 Å². The number of hydrogen-bond acceptors (Lipinski definition) is 7. The van der Waals surface area contributed by atoms with Gasteiger partial charge >= 0.3 is 6.01 Å². The van der Waals surface area contributed by atoms with Crippen LogP contribution < -0.4 is 21.3 Å². The Labute approximate surface area is 204 Å². The van der Waals surface area contributed by atoms with Gasteiger partial charge in [-0.15, -0.1) is 22.7 Å². The second kappa shape index (κ2) is 14.7. The van der Waals surface area contributed by atoms with E-state index in [1.54, 1.807) is 10.6 Å². The van der Waals surface area contributed by atoms with Gasteiger partial charge in [0.15, 0.2) is 0 Å². The molecule has 0 atom stereocenters. The van der Waals surface area contributed by atoms with Gasteiger partial charge in [0.1, 0.15) is 4.83 Å². The van der Waals surface area contributed by atoms with Crippen LogP contribution in [0.1, 0.15) is 76.1 Å². The summed E-state index contributed by atoms with van der Waals surface area (Å²) in [7, 11) is 0. The lowest BCUT2D eigenvalue weighted by atomic mass is 10.2. The first-order valence-corrected chi connectivity index (χ1v) is 13.5. The molecule has 0 bridgehead atoms. The van der Waals surface area contributed by atoms with Crippen LogP contribution in [0, 0.1) is 0 Å². The van der Waals surface area contributed by atoms with Crippen molar-refractivity contribution in [2.45, 2.75) is 72.3 Å². The number of nitrogens with one attached hydrogen (secondary N) is 1. The molecule has 0 saturated heterocycles. The molecule has 0 saturated carbocycles. The van der Waals surface area contributed by atoms with Crippen molar-refractivity contribution in [1.29, 1.82) is 0 Å². The molecule has 3 N–H and O–H groups in total. The van der Waals surface area contributed by atoms with E-state index in [4.69, 9.17) is 10.5 Å². The van der Waals surface area contributed by atoms with E-state index in [1.807, 2.05) is 23.8 Å². The fourth-order valence-electron chi connectivity index (χ4n) is 3.13. The molecule has 0 fully saturated rings. The van der Waals surface area contributed by atoms with Gasteiger partial charge in [0.25, 0.3) is 11.5 Å². The Bertz CT molecular complexity index is 1040. The molecule has 0 aromatic carbocycles. The van der Waals surface area contributed by atoms with Gasteiger partial charge in [-0.2, -0.15) is 4.98 Å². The van der Waals surface area contributed by atoms with E-state index in [1.165, 1.54) is 22.7 Å². The minimum Gasteiger partial charge on any atom is -0.465 e. The number of amides is 1. The van der Waals surface area contributed by atoms with Crippen molar-refractivity contribution in [3.63, 3.8) is 0 Å². The topological polar surface area (TPSA) is 99.2 Å². The summed E-state index contributed by atoms with van der Waals surface area (Å²) in [4.78, 5) is 29.2. The number of ether oxygens (including phenoxy) is 1. The third-order valence-corrected chi connectivity index (χ3v) is 6.53. The Balaban J connectivity index is 0.000000245. The average Bonchev–Trinajstić information content (AvgIpc) is 3.46. The molecule has 33 heavy (non-hydrogen) atoms. The predicted octanol–water partition coefficient (Wildman–Crippen LogP) is 5.69. The number of hydrogen-bond donors (Lipinski definition) is 2. The fraction of sp³-hybridized carbons (Fsp3) is 0.542. The number of fused-ring (bicyclic) bond motifs is 1. The second-order valence-corrected chi connectivity index (χ2v) is 9.55. The number of anilines is 1. The van der Waals surface area contributed by atoms with Crippen LogP contribution in [-0.2, 0) is 6.54 Å². The minimum atomic E-state index is -0.0557. The van der Waals surface area contributed by atoms with E-state index in [0.29, 0.717) is 35.1 Å². The molecule has 3 heterocycles. The SMILES string of the molecule is CCCCCNC(=O)c1ccsc1N.CCCCCn1c(OCCC)nc2sccc2c1=O. The normalized spacial score (nSPS) is 10.6.